The first-order valence-electron chi connectivity index (χ1n) is 10.8. The summed E-state index contributed by atoms with van der Waals surface area (Å²) in [6.07, 6.45) is 1.04. The van der Waals surface area contributed by atoms with Crippen LogP contribution in [0.2, 0.25) is 0 Å². The molecule has 0 bridgehead atoms. The van der Waals surface area contributed by atoms with Gasteiger partial charge in [-0.15, -0.1) is 0 Å². The molecule has 3 rings (SSSR count). The Morgan fingerprint density at radius 3 is 2.61 bits per heavy atom. The summed E-state index contributed by atoms with van der Waals surface area (Å²) in [6.45, 7) is 7.50. The Bertz CT molecular complexity index is 900. The highest BCUT2D eigenvalue weighted by molar-refractivity contribution is 5.96. The number of nitrogens with zero attached hydrogens (tertiary/aromatic N) is 2. The predicted octanol–water partition coefficient (Wildman–Crippen LogP) is 3.56. The summed E-state index contributed by atoms with van der Waals surface area (Å²) in [5.41, 5.74) is 3.32. The molecular formula is C25H33N3O3. The van der Waals surface area contributed by atoms with Crippen molar-refractivity contribution in [2.45, 2.75) is 32.9 Å². The number of likely N-dealkylation sites (tertiary alicyclic amines) is 1. The van der Waals surface area contributed by atoms with E-state index in [9.17, 15) is 9.59 Å². The van der Waals surface area contributed by atoms with Crippen molar-refractivity contribution >= 4 is 17.6 Å². The Labute approximate surface area is 185 Å². The molecule has 0 spiro atoms. The summed E-state index contributed by atoms with van der Waals surface area (Å²) >= 11 is 0. The first-order chi connectivity index (χ1) is 14.9. The lowest BCUT2D eigenvalue weighted by Gasteiger charge is -2.41. The number of nitrogens with one attached hydrogen (secondary N) is 1. The zero-order chi connectivity index (χ0) is 22.4. The quantitative estimate of drug-likeness (QED) is 0.690. The van der Waals surface area contributed by atoms with Gasteiger partial charge in [0.05, 0.1) is 19.2 Å². The number of amides is 1. The third kappa shape index (κ3) is 6.15. The van der Waals surface area contributed by atoms with Crippen LogP contribution >= 0.6 is 0 Å². The fraction of sp³-hybridized carbons (Fsp3) is 0.440. The van der Waals surface area contributed by atoms with Crippen LogP contribution in [0.5, 0.6) is 0 Å². The lowest BCUT2D eigenvalue weighted by atomic mass is 9.92. The Balaban J connectivity index is 1.54. The molecule has 0 radical (unpaired) electrons. The summed E-state index contributed by atoms with van der Waals surface area (Å²) in [7, 11) is 3.37. The number of anilines is 1. The van der Waals surface area contributed by atoms with Crippen LogP contribution in [0, 0.1) is 12.8 Å². The third-order valence-corrected chi connectivity index (χ3v) is 6.09. The minimum absolute atomic E-state index is 0.0773. The van der Waals surface area contributed by atoms with E-state index in [0.717, 1.165) is 31.6 Å². The summed E-state index contributed by atoms with van der Waals surface area (Å²) in [5, 5.41) is 2.96. The average Bonchev–Trinajstić information content (AvgIpc) is 2.75. The molecule has 6 heteroatoms. The predicted molar refractivity (Wildman–Crippen MR) is 123 cm³/mol. The molecule has 2 aromatic rings. The molecule has 0 saturated carbocycles. The molecule has 1 amide bonds. The van der Waals surface area contributed by atoms with Crippen LogP contribution in [0.25, 0.3) is 0 Å². The number of methoxy groups -OCH3 is 1. The number of rotatable bonds is 7. The summed E-state index contributed by atoms with van der Waals surface area (Å²) in [6, 6.07) is 16.1. The topological polar surface area (TPSA) is 61.9 Å². The van der Waals surface area contributed by atoms with Crippen molar-refractivity contribution < 1.29 is 14.3 Å². The molecule has 166 valence electrons. The van der Waals surface area contributed by atoms with E-state index in [2.05, 4.69) is 46.3 Å². The van der Waals surface area contributed by atoms with Crippen molar-refractivity contribution in [3.8, 4) is 0 Å². The summed E-state index contributed by atoms with van der Waals surface area (Å²) in [5.74, 6) is -0.0186. The minimum atomic E-state index is -0.413. The van der Waals surface area contributed by atoms with Gasteiger partial charge in [-0.2, -0.15) is 0 Å². The van der Waals surface area contributed by atoms with E-state index in [4.69, 9.17) is 4.74 Å². The van der Waals surface area contributed by atoms with Gasteiger partial charge in [-0.1, -0.05) is 43.3 Å². The fourth-order valence-electron chi connectivity index (χ4n) is 4.39. The molecule has 2 aromatic carbocycles. The number of carbonyl (C=O) groups excluding carboxylic acids is 2. The van der Waals surface area contributed by atoms with Gasteiger partial charge < -0.3 is 10.1 Å². The monoisotopic (exact) mass is 423 g/mol. The second-order valence-corrected chi connectivity index (χ2v) is 8.54. The van der Waals surface area contributed by atoms with E-state index in [1.807, 2.05) is 26.1 Å². The van der Waals surface area contributed by atoms with Crippen LogP contribution in [0.15, 0.2) is 48.5 Å². The zero-order valence-electron chi connectivity index (χ0n) is 18.9. The Morgan fingerprint density at radius 1 is 1.19 bits per heavy atom. The normalized spacial score (nSPS) is 19.3. The molecule has 0 unspecified atom stereocenters. The van der Waals surface area contributed by atoms with Gasteiger partial charge in [0.2, 0.25) is 5.91 Å². The minimum Gasteiger partial charge on any atom is -0.465 e. The van der Waals surface area contributed by atoms with Gasteiger partial charge in [0, 0.05) is 24.8 Å². The van der Waals surface area contributed by atoms with E-state index in [1.165, 1.54) is 12.7 Å². The van der Waals surface area contributed by atoms with E-state index < -0.39 is 5.97 Å². The number of carbonyl (C=O) groups is 2. The number of hydrogen-bond donors (Lipinski definition) is 1. The van der Waals surface area contributed by atoms with Gasteiger partial charge in [-0.05, 0) is 56.1 Å². The number of piperidine rings is 1. The molecule has 0 aliphatic carbocycles. The smallest absolute Gasteiger partial charge is 0.337 e. The Kier molecular flexibility index (Phi) is 7.82. The lowest BCUT2D eigenvalue weighted by Crippen LogP contribution is -2.50. The van der Waals surface area contributed by atoms with Crippen LogP contribution < -0.4 is 5.32 Å². The first-order valence-corrected chi connectivity index (χ1v) is 10.8. The highest BCUT2D eigenvalue weighted by atomic mass is 16.5. The Hall–Kier alpha value is -2.70. The van der Waals surface area contributed by atoms with E-state index >= 15 is 0 Å². The van der Waals surface area contributed by atoms with E-state index in [1.54, 1.807) is 12.1 Å². The maximum Gasteiger partial charge on any atom is 0.337 e. The van der Waals surface area contributed by atoms with Gasteiger partial charge >= 0.3 is 5.97 Å². The number of hydrogen-bond acceptors (Lipinski definition) is 5. The molecule has 1 aliphatic rings. The van der Waals surface area contributed by atoms with Crippen LogP contribution in [-0.4, -0.2) is 61.5 Å². The molecule has 1 fully saturated rings. The largest absolute Gasteiger partial charge is 0.465 e. The molecule has 0 aromatic heterocycles. The van der Waals surface area contributed by atoms with Crippen molar-refractivity contribution in [3.05, 3.63) is 65.2 Å². The summed E-state index contributed by atoms with van der Waals surface area (Å²) in [4.78, 5) is 29.1. The van der Waals surface area contributed by atoms with Gasteiger partial charge in [0.25, 0.3) is 0 Å². The van der Waals surface area contributed by atoms with E-state index in [0.29, 0.717) is 29.8 Å². The van der Waals surface area contributed by atoms with Crippen molar-refractivity contribution in [1.29, 1.82) is 0 Å². The van der Waals surface area contributed by atoms with Gasteiger partial charge in [0.15, 0.2) is 0 Å². The molecule has 1 saturated heterocycles. The average molecular weight is 424 g/mol. The molecule has 1 N–H and O–H groups in total. The second-order valence-electron chi connectivity index (χ2n) is 8.54. The van der Waals surface area contributed by atoms with Crippen molar-refractivity contribution in [2.24, 2.45) is 5.92 Å². The van der Waals surface area contributed by atoms with Crippen LogP contribution in [0.1, 0.15) is 34.8 Å². The van der Waals surface area contributed by atoms with E-state index in [-0.39, 0.29) is 5.91 Å². The molecule has 1 aliphatic heterocycles. The maximum absolute atomic E-state index is 12.7. The summed E-state index contributed by atoms with van der Waals surface area (Å²) < 4.78 is 4.77. The highest BCUT2D eigenvalue weighted by Gasteiger charge is 2.29. The van der Waals surface area contributed by atoms with Crippen LogP contribution in [0.4, 0.5) is 5.69 Å². The first kappa shape index (κ1) is 23.0. The third-order valence-electron chi connectivity index (χ3n) is 6.09. The molecule has 2 atom stereocenters. The van der Waals surface area contributed by atoms with Crippen LogP contribution in [-0.2, 0) is 16.1 Å². The number of aryl methyl sites for hydroxylation is 1. The SMILES string of the molecule is COC(=O)c1ccc(C)c(NC(=O)CN(C)[C@@H]2CCN(Cc3ccccc3)C[C@H]2C)c1. The van der Waals surface area contributed by atoms with Crippen molar-refractivity contribution in [3.63, 3.8) is 0 Å². The number of esters is 1. The number of ether oxygens (including phenoxy) is 1. The molecule has 31 heavy (non-hydrogen) atoms. The van der Waals surface area contributed by atoms with Gasteiger partial charge in [-0.3, -0.25) is 14.6 Å². The zero-order valence-corrected chi connectivity index (χ0v) is 18.9. The van der Waals surface area contributed by atoms with Crippen LogP contribution in [0.3, 0.4) is 0 Å². The molecule has 1 heterocycles. The number of likely N-dealkylation sites (N-methyl/N-ethyl adjacent to an activating group) is 1. The maximum atomic E-state index is 12.7. The van der Waals surface area contributed by atoms with Crippen molar-refractivity contribution in [2.75, 3.05) is 39.1 Å². The molecular weight excluding hydrogens is 390 g/mol. The van der Waals surface area contributed by atoms with Crippen molar-refractivity contribution in [1.82, 2.24) is 9.80 Å². The standard InChI is InChI=1S/C25H33N3O3/c1-18-10-11-21(25(30)31-4)14-22(18)26-24(29)17-27(3)23-12-13-28(15-19(23)2)16-20-8-6-5-7-9-20/h5-11,14,19,23H,12-13,15-17H2,1-4H3,(H,26,29)/t19-,23-/m1/s1. The number of benzene rings is 2. The molecule has 6 nitrogen and oxygen atoms in total. The lowest BCUT2D eigenvalue weighted by molar-refractivity contribution is -0.118. The Morgan fingerprint density at radius 2 is 1.94 bits per heavy atom. The fourth-order valence-corrected chi connectivity index (χ4v) is 4.39. The van der Waals surface area contributed by atoms with Gasteiger partial charge in [-0.25, -0.2) is 4.79 Å². The van der Waals surface area contributed by atoms with Gasteiger partial charge in [0.1, 0.15) is 0 Å². The second kappa shape index (κ2) is 10.6. The highest BCUT2D eigenvalue weighted by Crippen LogP contribution is 2.23.